The standard InChI is InChI=1S/C18H23Cl2NO5/c1-18(2,3)26-17(24)21-9-10(7-11(21)8-14(22)23)15-13(25-4)6-5-12(19)16(15)20/h5-6,10-11H,7-9H2,1-4H3,(H,22,23)/t10-,11-/m0/s1. The molecule has 0 aliphatic carbocycles. The van der Waals surface area contributed by atoms with E-state index in [1.807, 2.05) is 0 Å². The lowest BCUT2D eigenvalue weighted by molar-refractivity contribution is -0.138. The molecule has 144 valence electrons. The molecule has 6 nitrogen and oxygen atoms in total. The number of carboxylic acids is 1. The van der Waals surface area contributed by atoms with Gasteiger partial charge < -0.3 is 19.5 Å². The number of rotatable bonds is 4. The Morgan fingerprint density at radius 2 is 1.96 bits per heavy atom. The van der Waals surface area contributed by atoms with Crippen molar-refractivity contribution in [3.8, 4) is 5.75 Å². The van der Waals surface area contributed by atoms with Crippen LogP contribution in [0.1, 0.15) is 45.1 Å². The van der Waals surface area contributed by atoms with Crippen LogP contribution in [0.4, 0.5) is 4.79 Å². The molecule has 8 heteroatoms. The zero-order valence-corrected chi connectivity index (χ0v) is 16.7. The summed E-state index contributed by atoms with van der Waals surface area (Å²) in [6, 6.07) is 2.86. The summed E-state index contributed by atoms with van der Waals surface area (Å²) in [5.41, 5.74) is 0.0112. The molecule has 1 N–H and O–H groups in total. The summed E-state index contributed by atoms with van der Waals surface area (Å²) >= 11 is 12.5. The van der Waals surface area contributed by atoms with Crippen molar-refractivity contribution in [2.75, 3.05) is 13.7 Å². The molecule has 1 aliphatic heterocycles. The molecule has 0 radical (unpaired) electrons. The maximum absolute atomic E-state index is 12.6. The van der Waals surface area contributed by atoms with Crippen molar-refractivity contribution in [2.24, 2.45) is 0 Å². The van der Waals surface area contributed by atoms with Gasteiger partial charge >= 0.3 is 12.1 Å². The van der Waals surface area contributed by atoms with Crippen molar-refractivity contribution in [1.82, 2.24) is 4.90 Å². The summed E-state index contributed by atoms with van der Waals surface area (Å²) in [4.78, 5) is 25.3. The Kier molecular flexibility index (Phi) is 6.29. The summed E-state index contributed by atoms with van der Waals surface area (Å²) < 4.78 is 10.8. The number of carboxylic acid groups (broad SMARTS) is 1. The van der Waals surface area contributed by atoms with Crippen LogP contribution in [0.3, 0.4) is 0 Å². The first-order valence-corrected chi connectivity index (χ1v) is 9.02. The monoisotopic (exact) mass is 403 g/mol. The molecule has 26 heavy (non-hydrogen) atoms. The zero-order chi connectivity index (χ0) is 19.6. The van der Waals surface area contributed by atoms with Gasteiger partial charge in [0.1, 0.15) is 11.4 Å². The first kappa shape index (κ1) is 20.6. The van der Waals surface area contributed by atoms with E-state index in [4.69, 9.17) is 32.7 Å². The third-order valence-electron chi connectivity index (χ3n) is 4.17. The van der Waals surface area contributed by atoms with Crippen molar-refractivity contribution in [3.05, 3.63) is 27.7 Å². The highest BCUT2D eigenvalue weighted by molar-refractivity contribution is 6.42. The Morgan fingerprint density at radius 1 is 1.31 bits per heavy atom. The number of carbonyl (C=O) groups excluding carboxylic acids is 1. The van der Waals surface area contributed by atoms with Crippen LogP contribution < -0.4 is 4.74 Å². The van der Waals surface area contributed by atoms with Crippen molar-refractivity contribution < 1.29 is 24.2 Å². The molecule has 2 atom stereocenters. The lowest BCUT2D eigenvalue weighted by Gasteiger charge is -2.28. The van der Waals surface area contributed by atoms with Gasteiger partial charge in [-0.15, -0.1) is 0 Å². The van der Waals surface area contributed by atoms with Crippen LogP contribution in [0.5, 0.6) is 5.75 Å². The van der Waals surface area contributed by atoms with Crippen LogP contribution >= 0.6 is 23.2 Å². The fourth-order valence-electron chi connectivity index (χ4n) is 3.17. The van der Waals surface area contributed by atoms with Gasteiger partial charge in [-0.3, -0.25) is 4.79 Å². The van der Waals surface area contributed by atoms with Crippen molar-refractivity contribution in [2.45, 2.75) is 51.2 Å². The number of likely N-dealkylation sites (tertiary alicyclic amines) is 1. The Hall–Kier alpha value is -1.66. The number of hydrogen-bond donors (Lipinski definition) is 1. The van der Waals surface area contributed by atoms with E-state index < -0.39 is 23.7 Å². The summed E-state index contributed by atoms with van der Waals surface area (Å²) in [7, 11) is 1.53. The lowest BCUT2D eigenvalue weighted by atomic mass is 9.94. The van der Waals surface area contributed by atoms with Gasteiger partial charge in [0.15, 0.2) is 0 Å². The number of halogens is 2. The number of ether oxygens (including phenoxy) is 2. The van der Waals surface area contributed by atoms with Gasteiger partial charge in [-0.1, -0.05) is 23.2 Å². The third-order valence-corrected chi connectivity index (χ3v) is 4.99. The minimum absolute atomic E-state index is 0.170. The molecule has 1 amide bonds. The second-order valence-corrected chi connectivity index (χ2v) is 8.08. The van der Waals surface area contributed by atoms with Crippen LogP contribution in [0, 0.1) is 0 Å². The number of benzene rings is 1. The average Bonchev–Trinajstić information content (AvgIpc) is 2.90. The molecular formula is C18H23Cl2NO5. The molecule has 0 saturated carbocycles. The number of hydrogen-bond acceptors (Lipinski definition) is 4. The molecule has 2 rings (SSSR count). The Bertz CT molecular complexity index is 702. The van der Waals surface area contributed by atoms with E-state index in [1.165, 1.54) is 12.0 Å². The first-order chi connectivity index (χ1) is 12.0. The maximum atomic E-state index is 12.6. The van der Waals surface area contributed by atoms with Gasteiger partial charge in [0.05, 0.1) is 23.6 Å². The quantitative estimate of drug-likeness (QED) is 0.796. The molecule has 1 fully saturated rings. The fraction of sp³-hybridized carbons (Fsp3) is 0.556. The highest BCUT2D eigenvalue weighted by Gasteiger charge is 2.41. The average molecular weight is 404 g/mol. The van der Waals surface area contributed by atoms with Crippen molar-refractivity contribution in [1.29, 1.82) is 0 Å². The number of aliphatic carboxylic acids is 1. The number of amides is 1. The van der Waals surface area contributed by atoms with Crippen LogP contribution in [0.15, 0.2) is 12.1 Å². The first-order valence-electron chi connectivity index (χ1n) is 8.26. The van der Waals surface area contributed by atoms with E-state index in [2.05, 4.69) is 0 Å². The number of nitrogens with zero attached hydrogens (tertiary/aromatic N) is 1. The highest BCUT2D eigenvalue weighted by Crippen LogP contribution is 2.44. The molecule has 0 bridgehead atoms. The van der Waals surface area contributed by atoms with E-state index >= 15 is 0 Å². The number of methoxy groups -OCH3 is 1. The Balaban J connectivity index is 2.35. The van der Waals surface area contributed by atoms with Gasteiger partial charge in [0, 0.05) is 24.1 Å². The van der Waals surface area contributed by atoms with Crippen LogP contribution in [-0.4, -0.2) is 47.4 Å². The molecule has 1 heterocycles. The molecule has 1 aromatic carbocycles. The van der Waals surface area contributed by atoms with E-state index in [-0.39, 0.29) is 18.9 Å². The minimum atomic E-state index is -0.978. The summed E-state index contributed by atoms with van der Waals surface area (Å²) in [5.74, 6) is -0.620. The third kappa shape index (κ3) is 4.74. The summed E-state index contributed by atoms with van der Waals surface area (Å²) in [6.07, 6.45) is -0.276. The molecular weight excluding hydrogens is 381 g/mol. The van der Waals surface area contributed by atoms with Crippen LogP contribution in [-0.2, 0) is 9.53 Å². The SMILES string of the molecule is COc1ccc(Cl)c(Cl)c1[C@H]1C[C@@H](CC(=O)O)N(C(=O)OC(C)(C)C)C1. The lowest BCUT2D eigenvalue weighted by Crippen LogP contribution is -2.40. The van der Waals surface area contributed by atoms with Crippen molar-refractivity contribution in [3.63, 3.8) is 0 Å². The van der Waals surface area contributed by atoms with Crippen molar-refractivity contribution >= 4 is 35.3 Å². The van der Waals surface area contributed by atoms with E-state index in [1.54, 1.807) is 32.9 Å². The molecule has 1 aliphatic rings. The largest absolute Gasteiger partial charge is 0.496 e. The smallest absolute Gasteiger partial charge is 0.410 e. The second kappa shape index (κ2) is 7.92. The topological polar surface area (TPSA) is 76.1 Å². The normalized spacial score (nSPS) is 20.2. The Morgan fingerprint density at radius 3 is 2.50 bits per heavy atom. The predicted octanol–water partition coefficient (Wildman–Crippen LogP) is 4.57. The van der Waals surface area contributed by atoms with Gasteiger partial charge in [-0.2, -0.15) is 0 Å². The summed E-state index contributed by atoms with van der Waals surface area (Å²) in [6.45, 7) is 5.58. The minimum Gasteiger partial charge on any atom is -0.496 e. The van der Waals surface area contributed by atoms with Gasteiger partial charge in [-0.25, -0.2) is 4.79 Å². The maximum Gasteiger partial charge on any atom is 0.410 e. The van der Waals surface area contributed by atoms with E-state index in [0.29, 0.717) is 27.8 Å². The number of carbonyl (C=O) groups is 2. The molecule has 0 aromatic heterocycles. The molecule has 0 spiro atoms. The molecule has 0 unspecified atom stereocenters. The summed E-state index contributed by atoms with van der Waals surface area (Å²) in [5, 5.41) is 9.95. The predicted molar refractivity (Wildman–Crippen MR) is 99.4 cm³/mol. The van der Waals surface area contributed by atoms with E-state index in [0.717, 1.165) is 0 Å². The second-order valence-electron chi connectivity index (χ2n) is 7.29. The molecule has 1 aromatic rings. The van der Waals surface area contributed by atoms with Gasteiger partial charge in [0.25, 0.3) is 0 Å². The fourth-order valence-corrected chi connectivity index (χ4v) is 3.65. The van der Waals surface area contributed by atoms with Crippen LogP contribution in [0.25, 0.3) is 0 Å². The Labute approximate surface area is 163 Å². The van der Waals surface area contributed by atoms with Gasteiger partial charge in [0.2, 0.25) is 0 Å². The molecule has 1 saturated heterocycles. The van der Waals surface area contributed by atoms with Crippen LogP contribution in [0.2, 0.25) is 10.0 Å². The van der Waals surface area contributed by atoms with E-state index in [9.17, 15) is 14.7 Å². The highest BCUT2D eigenvalue weighted by atomic mass is 35.5. The zero-order valence-electron chi connectivity index (χ0n) is 15.2. The van der Waals surface area contributed by atoms with Gasteiger partial charge in [-0.05, 0) is 39.3 Å².